The fraction of sp³-hybridized carbons (Fsp3) is 0.667. The molecule has 0 saturated carbocycles. The Kier molecular flexibility index (Phi) is 6.20. The monoisotopic (exact) mass is 361 g/mol. The van der Waals surface area contributed by atoms with E-state index in [1.165, 1.54) is 0 Å². The fourth-order valence-electron chi connectivity index (χ4n) is 2.36. The number of piperidine rings is 1. The Labute approximate surface area is 145 Å². The van der Waals surface area contributed by atoms with E-state index in [0.717, 1.165) is 25.3 Å². The van der Waals surface area contributed by atoms with Gasteiger partial charge in [-0.15, -0.1) is 0 Å². The van der Waals surface area contributed by atoms with Gasteiger partial charge in [0, 0.05) is 25.7 Å². The first-order valence-electron chi connectivity index (χ1n) is 8.02. The maximum absolute atomic E-state index is 13.1. The highest BCUT2D eigenvalue weighted by Crippen LogP contribution is 2.31. The first-order valence-corrected chi connectivity index (χ1v) is 8.42. The standard InChI is InChI=1S/C15H22F3N5S/c1-10(2)9-19-14(24)22-13-20-11(15(16,17)18)8-12(21-13)23-6-4-3-5-7-23/h8,10H,3-7,9H2,1-2H3,(H2,19,20,21,22,24). The second-order valence-corrected chi connectivity index (χ2v) is 6.62. The summed E-state index contributed by atoms with van der Waals surface area (Å²) in [5.74, 6) is 0.508. The van der Waals surface area contributed by atoms with Crippen LogP contribution in [0.4, 0.5) is 24.9 Å². The van der Waals surface area contributed by atoms with Crippen LogP contribution in [0.25, 0.3) is 0 Å². The van der Waals surface area contributed by atoms with Gasteiger partial charge in [0.15, 0.2) is 10.8 Å². The smallest absolute Gasteiger partial charge is 0.362 e. The third-order valence-electron chi connectivity index (χ3n) is 3.58. The average molecular weight is 361 g/mol. The van der Waals surface area contributed by atoms with E-state index in [2.05, 4.69) is 20.6 Å². The Balaban J connectivity index is 2.21. The van der Waals surface area contributed by atoms with Gasteiger partial charge in [-0.25, -0.2) is 4.98 Å². The summed E-state index contributed by atoms with van der Waals surface area (Å²) in [6.45, 7) is 6.02. The van der Waals surface area contributed by atoms with Gasteiger partial charge in [-0.2, -0.15) is 18.2 Å². The highest BCUT2D eigenvalue weighted by molar-refractivity contribution is 7.80. The van der Waals surface area contributed by atoms with E-state index >= 15 is 0 Å². The number of alkyl halides is 3. The van der Waals surface area contributed by atoms with Crippen molar-refractivity contribution in [2.75, 3.05) is 29.9 Å². The number of nitrogens with zero attached hydrogens (tertiary/aromatic N) is 3. The van der Waals surface area contributed by atoms with Gasteiger partial charge in [0.1, 0.15) is 5.82 Å². The number of aromatic nitrogens is 2. The summed E-state index contributed by atoms with van der Waals surface area (Å²) in [5.41, 5.74) is -0.966. The maximum Gasteiger partial charge on any atom is 0.433 e. The molecule has 0 bridgehead atoms. The number of rotatable bonds is 4. The summed E-state index contributed by atoms with van der Waals surface area (Å²) >= 11 is 5.09. The van der Waals surface area contributed by atoms with Gasteiger partial charge in [-0.1, -0.05) is 13.8 Å². The minimum atomic E-state index is -4.53. The Bertz CT molecular complexity index is 571. The van der Waals surface area contributed by atoms with Crippen molar-refractivity contribution >= 4 is 29.1 Å². The predicted molar refractivity (Wildman–Crippen MR) is 92.2 cm³/mol. The zero-order chi connectivity index (χ0) is 17.7. The van der Waals surface area contributed by atoms with Crippen molar-refractivity contribution in [1.82, 2.24) is 15.3 Å². The van der Waals surface area contributed by atoms with Crippen LogP contribution in [-0.2, 0) is 6.18 Å². The summed E-state index contributed by atoms with van der Waals surface area (Å²) in [4.78, 5) is 9.64. The Hall–Kier alpha value is -1.64. The number of hydrogen-bond acceptors (Lipinski definition) is 4. The van der Waals surface area contributed by atoms with Crippen molar-refractivity contribution in [1.29, 1.82) is 0 Å². The van der Waals surface area contributed by atoms with Crippen LogP contribution in [0, 0.1) is 5.92 Å². The molecule has 2 rings (SSSR count). The molecule has 9 heteroatoms. The van der Waals surface area contributed by atoms with Crippen LogP contribution in [0.2, 0.25) is 0 Å². The molecule has 2 N–H and O–H groups in total. The van der Waals surface area contributed by atoms with Gasteiger partial charge in [0.2, 0.25) is 5.95 Å². The molecule has 0 amide bonds. The van der Waals surface area contributed by atoms with Crippen molar-refractivity contribution in [3.63, 3.8) is 0 Å². The molecular formula is C15H22F3N5S. The van der Waals surface area contributed by atoms with E-state index in [1.807, 2.05) is 18.7 Å². The minimum Gasteiger partial charge on any atom is -0.362 e. The van der Waals surface area contributed by atoms with E-state index in [-0.39, 0.29) is 16.9 Å². The van der Waals surface area contributed by atoms with Crippen LogP contribution >= 0.6 is 12.2 Å². The molecule has 1 fully saturated rings. The Morgan fingerprint density at radius 3 is 2.50 bits per heavy atom. The summed E-state index contributed by atoms with van der Waals surface area (Å²) in [5, 5.41) is 5.81. The van der Waals surface area contributed by atoms with Gasteiger partial charge in [-0.3, -0.25) is 0 Å². The van der Waals surface area contributed by atoms with Gasteiger partial charge in [0.25, 0.3) is 0 Å². The molecule has 1 aromatic heterocycles. The molecule has 2 heterocycles. The van der Waals surface area contributed by atoms with Crippen LogP contribution in [0.1, 0.15) is 38.8 Å². The van der Waals surface area contributed by atoms with Gasteiger partial charge >= 0.3 is 6.18 Å². The summed E-state index contributed by atoms with van der Waals surface area (Å²) in [6.07, 6.45) is -1.55. The molecule has 0 aliphatic carbocycles. The van der Waals surface area contributed by atoms with Gasteiger partial charge in [-0.05, 0) is 37.4 Å². The number of nitrogens with one attached hydrogen (secondary N) is 2. The molecule has 0 spiro atoms. The lowest BCUT2D eigenvalue weighted by molar-refractivity contribution is -0.141. The van der Waals surface area contributed by atoms with Crippen LogP contribution < -0.4 is 15.5 Å². The lowest BCUT2D eigenvalue weighted by atomic mass is 10.1. The van der Waals surface area contributed by atoms with Crippen LogP contribution in [0.5, 0.6) is 0 Å². The van der Waals surface area contributed by atoms with E-state index in [1.54, 1.807) is 0 Å². The molecule has 0 unspecified atom stereocenters. The Morgan fingerprint density at radius 1 is 1.25 bits per heavy atom. The topological polar surface area (TPSA) is 53.1 Å². The fourth-order valence-corrected chi connectivity index (χ4v) is 2.54. The largest absolute Gasteiger partial charge is 0.433 e. The quantitative estimate of drug-likeness (QED) is 0.802. The van der Waals surface area contributed by atoms with E-state index in [9.17, 15) is 13.2 Å². The van der Waals surface area contributed by atoms with E-state index < -0.39 is 11.9 Å². The number of thiocarbonyl (C=S) groups is 1. The lowest BCUT2D eigenvalue weighted by Gasteiger charge is -2.28. The summed E-state index contributed by atoms with van der Waals surface area (Å²) in [6, 6.07) is 1.00. The van der Waals surface area contributed by atoms with Crippen molar-refractivity contribution < 1.29 is 13.2 Å². The van der Waals surface area contributed by atoms with Crippen molar-refractivity contribution in [2.24, 2.45) is 5.92 Å². The zero-order valence-corrected chi connectivity index (χ0v) is 14.6. The van der Waals surface area contributed by atoms with Gasteiger partial charge < -0.3 is 15.5 Å². The molecule has 134 valence electrons. The predicted octanol–water partition coefficient (Wildman–Crippen LogP) is 3.43. The summed E-state index contributed by atoms with van der Waals surface area (Å²) < 4.78 is 39.4. The molecule has 1 aliphatic heterocycles. The molecule has 0 aromatic carbocycles. The van der Waals surface area contributed by atoms with Crippen LogP contribution in [-0.4, -0.2) is 34.7 Å². The molecular weight excluding hydrogens is 339 g/mol. The molecule has 0 radical (unpaired) electrons. The third kappa shape index (κ3) is 5.47. The molecule has 1 aromatic rings. The molecule has 1 saturated heterocycles. The molecule has 24 heavy (non-hydrogen) atoms. The van der Waals surface area contributed by atoms with E-state index in [4.69, 9.17) is 12.2 Å². The van der Waals surface area contributed by atoms with Crippen LogP contribution in [0.3, 0.4) is 0 Å². The van der Waals surface area contributed by atoms with Crippen molar-refractivity contribution in [3.8, 4) is 0 Å². The first-order chi connectivity index (χ1) is 11.3. The van der Waals surface area contributed by atoms with E-state index in [0.29, 0.717) is 25.6 Å². The first kappa shape index (κ1) is 18.7. The van der Waals surface area contributed by atoms with Crippen molar-refractivity contribution in [3.05, 3.63) is 11.8 Å². The maximum atomic E-state index is 13.1. The summed E-state index contributed by atoms with van der Waals surface area (Å²) in [7, 11) is 0. The number of anilines is 2. The molecule has 0 atom stereocenters. The number of halogens is 3. The third-order valence-corrected chi connectivity index (χ3v) is 3.83. The molecule has 5 nitrogen and oxygen atoms in total. The highest BCUT2D eigenvalue weighted by Gasteiger charge is 2.34. The number of hydrogen-bond donors (Lipinski definition) is 2. The second kappa shape index (κ2) is 7.96. The van der Waals surface area contributed by atoms with Crippen LogP contribution in [0.15, 0.2) is 6.07 Å². The zero-order valence-electron chi connectivity index (χ0n) is 13.8. The minimum absolute atomic E-state index is 0.133. The second-order valence-electron chi connectivity index (χ2n) is 6.21. The molecule has 1 aliphatic rings. The van der Waals surface area contributed by atoms with Crippen molar-refractivity contribution in [2.45, 2.75) is 39.3 Å². The SMILES string of the molecule is CC(C)CNC(=S)Nc1nc(N2CCCCC2)cc(C(F)(F)F)n1. The lowest BCUT2D eigenvalue weighted by Crippen LogP contribution is -2.33. The van der Waals surface area contributed by atoms with Gasteiger partial charge in [0.05, 0.1) is 0 Å². The normalized spacial score (nSPS) is 15.5. The highest BCUT2D eigenvalue weighted by atomic mass is 32.1. The average Bonchev–Trinajstić information content (AvgIpc) is 2.52. The Morgan fingerprint density at radius 2 is 1.92 bits per heavy atom.